The summed E-state index contributed by atoms with van der Waals surface area (Å²) in [6, 6.07) is 8.50. The number of ether oxygens (including phenoxy) is 2. The van der Waals surface area contributed by atoms with Crippen LogP contribution in [-0.4, -0.2) is 36.2 Å². The summed E-state index contributed by atoms with van der Waals surface area (Å²) in [5.74, 6) is 0.377. The summed E-state index contributed by atoms with van der Waals surface area (Å²) in [4.78, 5) is 14.7. The van der Waals surface area contributed by atoms with Crippen LogP contribution in [0, 0.1) is 5.92 Å². The van der Waals surface area contributed by atoms with Crippen molar-refractivity contribution in [3.8, 4) is 0 Å². The standard InChI is InChI=1S/C18H22BrNO3/c1-3-22-11-15-10-20-16(18(21)23-15)9-4-12(2)17(20)13-5-7-14(19)8-6-13/h3,5-8,12,15-17H,1,4,9-11H2,2H3/t12-,15+,16+,17+/m1/s1. The van der Waals surface area contributed by atoms with Crippen molar-refractivity contribution in [2.45, 2.75) is 38.0 Å². The molecule has 0 aromatic heterocycles. The lowest BCUT2D eigenvalue weighted by Crippen LogP contribution is -2.58. The minimum atomic E-state index is -0.236. The Kier molecular flexibility index (Phi) is 5.07. The van der Waals surface area contributed by atoms with Crippen molar-refractivity contribution in [1.82, 2.24) is 4.90 Å². The molecule has 2 heterocycles. The number of carbonyl (C=O) groups is 1. The molecule has 3 rings (SSSR count). The van der Waals surface area contributed by atoms with Gasteiger partial charge in [-0.05, 0) is 36.5 Å². The number of hydrogen-bond donors (Lipinski definition) is 0. The van der Waals surface area contributed by atoms with Gasteiger partial charge in [-0.1, -0.05) is 41.6 Å². The maximum absolute atomic E-state index is 12.4. The van der Waals surface area contributed by atoms with Gasteiger partial charge in [-0.25, -0.2) is 0 Å². The number of morpholine rings is 1. The van der Waals surface area contributed by atoms with E-state index in [-0.39, 0.29) is 24.2 Å². The topological polar surface area (TPSA) is 38.8 Å². The SMILES string of the molecule is C=COC[C@@H]1CN2[C@H](c3ccc(Br)cc3)[C@H](C)CC[C@H]2C(=O)O1. The minimum Gasteiger partial charge on any atom is -0.498 e. The first-order valence-corrected chi connectivity index (χ1v) is 8.83. The average molecular weight is 380 g/mol. The molecule has 0 aliphatic carbocycles. The van der Waals surface area contributed by atoms with Crippen LogP contribution in [-0.2, 0) is 14.3 Å². The molecule has 4 atom stereocenters. The van der Waals surface area contributed by atoms with Crippen molar-refractivity contribution in [2.75, 3.05) is 13.2 Å². The second-order valence-corrected chi connectivity index (χ2v) is 7.24. The molecule has 0 saturated carbocycles. The van der Waals surface area contributed by atoms with Crippen LogP contribution < -0.4 is 0 Å². The predicted octanol–water partition coefficient (Wildman–Crippen LogP) is 3.68. The van der Waals surface area contributed by atoms with Gasteiger partial charge >= 0.3 is 5.97 Å². The van der Waals surface area contributed by atoms with E-state index in [0.29, 0.717) is 19.1 Å². The largest absolute Gasteiger partial charge is 0.498 e. The van der Waals surface area contributed by atoms with Crippen LogP contribution in [0.5, 0.6) is 0 Å². The molecule has 0 bridgehead atoms. The van der Waals surface area contributed by atoms with E-state index in [0.717, 1.165) is 17.3 Å². The van der Waals surface area contributed by atoms with Crippen LogP contribution >= 0.6 is 15.9 Å². The van der Waals surface area contributed by atoms with Gasteiger partial charge < -0.3 is 9.47 Å². The van der Waals surface area contributed by atoms with E-state index < -0.39 is 0 Å². The fraction of sp³-hybridized carbons (Fsp3) is 0.500. The molecule has 2 aliphatic rings. The van der Waals surface area contributed by atoms with Crippen molar-refractivity contribution in [3.63, 3.8) is 0 Å². The molecule has 2 fully saturated rings. The molecule has 23 heavy (non-hydrogen) atoms. The van der Waals surface area contributed by atoms with E-state index in [1.165, 1.54) is 11.8 Å². The highest BCUT2D eigenvalue weighted by Gasteiger charge is 2.45. The molecule has 4 nitrogen and oxygen atoms in total. The van der Waals surface area contributed by atoms with E-state index in [9.17, 15) is 4.79 Å². The van der Waals surface area contributed by atoms with Gasteiger partial charge in [0.15, 0.2) is 0 Å². The number of rotatable bonds is 4. The van der Waals surface area contributed by atoms with Crippen molar-refractivity contribution in [1.29, 1.82) is 0 Å². The van der Waals surface area contributed by atoms with Gasteiger partial charge in [0, 0.05) is 17.1 Å². The third kappa shape index (κ3) is 3.45. The van der Waals surface area contributed by atoms with Crippen molar-refractivity contribution in [2.24, 2.45) is 5.92 Å². The van der Waals surface area contributed by atoms with Gasteiger partial charge in [-0.2, -0.15) is 0 Å². The Balaban J connectivity index is 1.85. The van der Waals surface area contributed by atoms with E-state index in [1.54, 1.807) is 0 Å². The average Bonchev–Trinajstić information content (AvgIpc) is 2.54. The number of piperidine rings is 1. The lowest BCUT2D eigenvalue weighted by molar-refractivity contribution is -0.177. The number of esters is 1. The molecular weight excluding hydrogens is 358 g/mol. The van der Waals surface area contributed by atoms with Gasteiger partial charge in [0.05, 0.1) is 6.26 Å². The summed E-state index contributed by atoms with van der Waals surface area (Å²) >= 11 is 3.49. The summed E-state index contributed by atoms with van der Waals surface area (Å²) in [6.07, 6.45) is 3.05. The van der Waals surface area contributed by atoms with Crippen LogP contribution in [0.4, 0.5) is 0 Å². The zero-order valence-electron chi connectivity index (χ0n) is 13.3. The van der Waals surface area contributed by atoms with Gasteiger partial charge in [0.1, 0.15) is 18.8 Å². The van der Waals surface area contributed by atoms with Gasteiger partial charge in [-0.3, -0.25) is 9.69 Å². The number of cyclic esters (lactones) is 1. The van der Waals surface area contributed by atoms with Gasteiger partial charge in [0.2, 0.25) is 0 Å². The highest BCUT2D eigenvalue weighted by molar-refractivity contribution is 9.10. The lowest BCUT2D eigenvalue weighted by atomic mass is 9.82. The summed E-state index contributed by atoms with van der Waals surface area (Å²) in [6.45, 7) is 6.87. The van der Waals surface area contributed by atoms with E-state index >= 15 is 0 Å². The monoisotopic (exact) mass is 379 g/mol. The second-order valence-electron chi connectivity index (χ2n) is 6.32. The Labute approximate surface area is 145 Å². The quantitative estimate of drug-likeness (QED) is 0.590. The fourth-order valence-corrected chi connectivity index (χ4v) is 3.98. The Morgan fingerprint density at radius 1 is 1.39 bits per heavy atom. The molecule has 124 valence electrons. The number of halogens is 1. The van der Waals surface area contributed by atoms with E-state index in [2.05, 4.69) is 58.6 Å². The number of hydrogen-bond acceptors (Lipinski definition) is 4. The molecule has 2 saturated heterocycles. The highest BCUT2D eigenvalue weighted by atomic mass is 79.9. The number of carbonyl (C=O) groups excluding carboxylic acids is 1. The molecular formula is C18H22BrNO3. The summed E-state index contributed by atoms with van der Waals surface area (Å²) < 4.78 is 11.8. The summed E-state index contributed by atoms with van der Waals surface area (Å²) in [5, 5.41) is 0. The van der Waals surface area contributed by atoms with Crippen LogP contribution in [0.1, 0.15) is 31.4 Å². The van der Waals surface area contributed by atoms with Gasteiger partial charge in [0.25, 0.3) is 0 Å². The first-order valence-electron chi connectivity index (χ1n) is 8.04. The molecule has 2 aliphatic heterocycles. The first-order chi connectivity index (χ1) is 11.1. The fourth-order valence-electron chi connectivity index (χ4n) is 3.72. The zero-order chi connectivity index (χ0) is 16.4. The third-order valence-electron chi connectivity index (χ3n) is 4.77. The maximum atomic E-state index is 12.4. The third-order valence-corrected chi connectivity index (χ3v) is 5.30. The van der Waals surface area contributed by atoms with Crippen molar-refractivity contribution in [3.05, 3.63) is 47.1 Å². The Hall–Kier alpha value is -1.33. The minimum absolute atomic E-state index is 0.122. The number of nitrogens with zero attached hydrogens (tertiary/aromatic N) is 1. The van der Waals surface area contributed by atoms with Crippen LogP contribution in [0.3, 0.4) is 0 Å². The maximum Gasteiger partial charge on any atom is 0.323 e. The smallest absolute Gasteiger partial charge is 0.323 e. The van der Waals surface area contributed by atoms with Crippen LogP contribution in [0.15, 0.2) is 41.6 Å². The molecule has 1 aromatic carbocycles. The number of benzene rings is 1. The molecule has 0 amide bonds. The first kappa shape index (κ1) is 16.5. The van der Waals surface area contributed by atoms with E-state index in [1.807, 2.05) is 0 Å². The van der Waals surface area contributed by atoms with Crippen molar-refractivity contribution >= 4 is 21.9 Å². The Bertz CT molecular complexity index is 574. The highest BCUT2D eigenvalue weighted by Crippen LogP contribution is 2.41. The molecule has 1 aromatic rings. The van der Waals surface area contributed by atoms with E-state index in [4.69, 9.17) is 9.47 Å². The van der Waals surface area contributed by atoms with Crippen molar-refractivity contribution < 1.29 is 14.3 Å². The van der Waals surface area contributed by atoms with Gasteiger partial charge in [-0.15, -0.1) is 0 Å². The molecule has 0 unspecified atom stereocenters. The molecule has 5 heteroatoms. The zero-order valence-corrected chi connectivity index (χ0v) is 14.9. The molecule has 0 spiro atoms. The summed E-state index contributed by atoms with van der Waals surface area (Å²) in [7, 11) is 0. The lowest BCUT2D eigenvalue weighted by Gasteiger charge is -2.48. The molecule has 0 N–H and O–H groups in total. The summed E-state index contributed by atoms with van der Waals surface area (Å²) in [5.41, 5.74) is 1.25. The Morgan fingerprint density at radius 2 is 2.13 bits per heavy atom. The molecule has 0 radical (unpaired) electrons. The predicted molar refractivity (Wildman–Crippen MR) is 91.8 cm³/mol. The van der Waals surface area contributed by atoms with Crippen LogP contribution in [0.25, 0.3) is 0 Å². The number of fused-ring (bicyclic) bond motifs is 1. The second kappa shape index (κ2) is 7.05. The van der Waals surface area contributed by atoms with Crippen LogP contribution in [0.2, 0.25) is 0 Å². The normalized spacial score (nSPS) is 31.1. The Morgan fingerprint density at radius 3 is 2.83 bits per heavy atom.